The van der Waals surface area contributed by atoms with Crippen LogP contribution in [0.3, 0.4) is 0 Å². The summed E-state index contributed by atoms with van der Waals surface area (Å²) in [5, 5.41) is 0. The number of ketones is 1. The Morgan fingerprint density at radius 2 is 1.95 bits per heavy atom. The van der Waals surface area contributed by atoms with Crippen LogP contribution in [0.15, 0.2) is 42.5 Å². The molecule has 4 nitrogen and oxygen atoms in total. The van der Waals surface area contributed by atoms with Crippen LogP contribution in [0.1, 0.15) is 16.1 Å². The monoisotopic (exact) mass is 335 g/mol. The summed E-state index contributed by atoms with van der Waals surface area (Å²) in [5.74, 6) is 0.372. The fourth-order valence-electron chi connectivity index (χ4n) is 2.44. The van der Waals surface area contributed by atoms with Crippen LogP contribution in [0.25, 0.3) is 0 Å². The number of nitrogens with zero attached hydrogens (tertiary/aromatic N) is 1. The van der Waals surface area contributed by atoms with Crippen LogP contribution >= 0.6 is 22.9 Å². The van der Waals surface area contributed by atoms with Gasteiger partial charge in [-0.3, -0.25) is 4.79 Å². The third-order valence-electron chi connectivity index (χ3n) is 3.58. The van der Waals surface area contributed by atoms with Gasteiger partial charge >= 0.3 is 6.09 Å². The average molecular weight is 336 g/mol. The van der Waals surface area contributed by atoms with Crippen LogP contribution in [-0.4, -0.2) is 29.9 Å². The second-order valence-electron chi connectivity index (χ2n) is 5.08. The molecule has 1 aliphatic rings. The Hall–Kier alpha value is -1.85. The first-order chi connectivity index (χ1) is 10.6. The van der Waals surface area contributed by atoms with E-state index in [2.05, 4.69) is 0 Å². The van der Waals surface area contributed by atoms with E-state index in [1.54, 1.807) is 41.3 Å². The van der Waals surface area contributed by atoms with Gasteiger partial charge in [-0.15, -0.1) is 11.3 Å². The fourth-order valence-corrected chi connectivity index (χ4v) is 3.50. The lowest BCUT2D eigenvalue weighted by Crippen LogP contribution is -2.32. The first kappa shape index (κ1) is 15.1. The Morgan fingerprint density at radius 3 is 2.64 bits per heavy atom. The van der Waals surface area contributed by atoms with Gasteiger partial charge in [0.05, 0.1) is 9.21 Å². The van der Waals surface area contributed by atoms with E-state index < -0.39 is 6.09 Å². The minimum Gasteiger partial charge on any atom is -0.410 e. The molecule has 2 heterocycles. The number of rotatable bonds is 3. The van der Waals surface area contributed by atoms with Crippen molar-refractivity contribution in [3.63, 3.8) is 0 Å². The average Bonchev–Trinajstić information content (AvgIpc) is 3.16. The molecular formula is C16H14ClNO3S. The van der Waals surface area contributed by atoms with Gasteiger partial charge in [0, 0.05) is 19.0 Å². The predicted molar refractivity (Wildman–Crippen MR) is 85.8 cm³/mol. The molecule has 1 amide bonds. The van der Waals surface area contributed by atoms with E-state index in [4.69, 9.17) is 16.3 Å². The molecule has 22 heavy (non-hydrogen) atoms. The SMILES string of the molecule is O=C(c1ccc(Cl)s1)C1CCN(C(=O)Oc2ccccc2)C1. The maximum atomic E-state index is 12.4. The Balaban J connectivity index is 1.60. The van der Waals surface area contributed by atoms with E-state index in [0.29, 0.717) is 34.5 Å². The van der Waals surface area contributed by atoms with Crippen molar-refractivity contribution >= 4 is 34.8 Å². The van der Waals surface area contributed by atoms with Crippen molar-refractivity contribution in [1.29, 1.82) is 0 Å². The topological polar surface area (TPSA) is 46.6 Å². The lowest BCUT2D eigenvalue weighted by molar-refractivity contribution is 0.0927. The van der Waals surface area contributed by atoms with Crippen molar-refractivity contribution in [1.82, 2.24) is 4.90 Å². The number of thiophene rings is 1. The zero-order valence-electron chi connectivity index (χ0n) is 11.7. The summed E-state index contributed by atoms with van der Waals surface area (Å²) in [6, 6.07) is 12.4. The molecule has 0 N–H and O–H groups in total. The molecule has 1 atom stereocenters. The molecule has 0 saturated carbocycles. The summed E-state index contributed by atoms with van der Waals surface area (Å²) in [6.07, 6.45) is 0.240. The van der Waals surface area contributed by atoms with Gasteiger partial charge in [0.15, 0.2) is 5.78 Å². The molecule has 0 spiro atoms. The van der Waals surface area contributed by atoms with Crippen LogP contribution in [0.4, 0.5) is 4.79 Å². The highest BCUT2D eigenvalue weighted by Crippen LogP contribution is 2.28. The molecule has 1 fully saturated rings. The molecule has 1 aromatic carbocycles. The van der Waals surface area contributed by atoms with Gasteiger partial charge in [-0.1, -0.05) is 29.8 Å². The first-order valence-electron chi connectivity index (χ1n) is 6.95. The number of halogens is 1. The Labute approximate surface area is 137 Å². The number of ether oxygens (including phenoxy) is 1. The highest BCUT2D eigenvalue weighted by atomic mass is 35.5. The Morgan fingerprint density at radius 1 is 1.18 bits per heavy atom. The number of carbonyl (C=O) groups is 2. The largest absolute Gasteiger partial charge is 0.415 e. The standard InChI is InChI=1S/C16H14ClNO3S/c17-14-7-6-13(22-14)15(19)11-8-9-18(10-11)16(20)21-12-4-2-1-3-5-12/h1-7,11H,8-10H2. The van der Waals surface area contributed by atoms with Crippen molar-refractivity contribution < 1.29 is 14.3 Å². The van der Waals surface area contributed by atoms with E-state index >= 15 is 0 Å². The first-order valence-corrected chi connectivity index (χ1v) is 8.14. The molecule has 1 aliphatic heterocycles. The number of benzene rings is 1. The Kier molecular flexibility index (Phi) is 4.45. The van der Waals surface area contributed by atoms with Crippen molar-refractivity contribution in [3.8, 4) is 5.75 Å². The number of amides is 1. The van der Waals surface area contributed by atoms with E-state index in [1.807, 2.05) is 6.07 Å². The van der Waals surface area contributed by atoms with Gasteiger partial charge in [0.1, 0.15) is 5.75 Å². The number of hydrogen-bond donors (Lipinski definition) is 0. The van der Waals surface area contributed by atoms with Gasteiger partial charge < -0.3 is 9.64 Å². The molecule has 114 valence electrons. The molecule has 2 aromatic rings. The highest BCUT2D eigenvalue weighted by molar-refractivity contribution is 7.18. The molecule has 0 bridgehead atoms. The second-order valence-corrected chi connectivity index (χ2v) is 6.80. The van der Waals surface area contributed by atoms with Crippen molar-refractivity contribution in [3.05, 3.63) is 51.7 Å². The quantitative estimate of drug-likeness (QED) is 0.793. The molecule has 0 radical (unpaired) electrons. The summed E-state index contributed by atoms with van der Waals surface area (Å²) >= 11 is 7.14. The van der Waals surface area contributed by atoms with Crippen LogP contribution in [0, 0.1) is 5.92 Å². The summed E-state index contributed by atoms with van der Waals surface area (Å²) in [4.78, 5) is 26.7. The zero-order valence-corrected chi connectivity index (χ0v) is 13.3. The van der Waals surface area contributed by atoms with Crippen LogP contribution in [0.2, 0.25) is 4.34 Å². The maximum absolute atomic E-state index is 12.4. The van der Waals surface area contributed by atoms with Gasteiger partial charge in [-0.2, -0.15) is 0 Å². The predicted octanol–water partition coefficient (Wildman–Crippen LogP) is 4.11. The normalized spacial score (nSPS) is 17.5. The number of Topliss-reactive ketones (excluding diaryl/α,β-unsaturated/α-hetero) is 1. The van der Waals surface area contributed by atoms with Gasteiger partial charge in [0.2, 0.25) is 0 Å². The van der Waals surface area contributed by atoms with Gasteiger partial charge in [-0.25, -0.2) is 4.79 Å². The molecule has 3 rings (SSSR count). The third kappa shape index (κ3) is 3.31. The van der Waals surface area contributed by atoms with Gasteiger partial charge in [0.25, 0.3) is 0 Å². The minimum absolute atomic E-state index is 0.0481. The highest BCUT2D eigenvalue weighted by Gasteiger charge is 2.33. The third-order valence-corrected chi connectivity index (χ3v) is 4.83. The number of carbonyl (C=O) groups excluding carboxylic acids is 2. The van der Waals surface area contributed by atoms with Gasteiger partial charge in [-0.05, 0) is 30.7 Å². The summed E-state index contributed by atoms with van der Waals surface area (Å²) in [7, 11) is 0. The van der Waals surface area contributed by atoms with Crippen LogP contribution in [-0.2, 0) is 0 Å². The second kappa shape index (κ2) is 6.50. The smallest absolute Gasteiger partial charge is 0.410 e. The fraction of sp³-hybridized carbons (Fsp3) is 0.250. The number of hydrogen-bond acceptors (Lipinski definition) is 4. The number of likely N-dealkylation sites (tertiary alicyclic amines) is 1. The lowest BCUT2D eigenvalue weighted by Gasteiger charge is -2.15. The molecule has 1 unspecified atom stereocenters. The van der Waals surface area contributed by atoms with Crippen LogP contribution < -0.4 is 4.74 Å². The summed E-state index contributed by atoms with van der Waals surface area (Å²) in [5.41, 5.74) is 0. The molecule has 0 aliphatic carbocycles. The van der Waals surface area contributed by atoms with E-state index in [9.17, 15) is 9.59 Å². The van der Waals surface area contributed by atoms with Crippen molar-refractivity contribution in [2.45, 2.75) is 6.42 Å². The molecular weight excluding hydrogens is 322 g/mol. The maximum Gasteiger partial charge on any atom is 0.415 e. The summed E-state index contributed by atoms with van der Waals surface area (Å²) < 4.78 is 5.89. The summed E-state index contributed by atoms with van der Waals surface area (Å²) in [6.45, 7) is 0.918. The Bertz CT molecular complexity index is 686. The van der Waals surface area contributed by atoms with E-state index in [0.717, 1.165) is 0 Å². The van der Waals surface area contributed by atoms with E-state index in [1.165, 1.54) is 11.3 Å². The molecule has 1 aromatic heterocycles. The van der Waals surface area contributed by atoms with E-state index in [-0.39, 0.29) is 11.7 Å². The van der Waals surface area contributed by atoms with Crippen molar-refractivity contribution in [2.75, 3.05) is 13.1 Å². The molecule has 1 saturated heterocycles. The van der Waals surface area contributed by atoms with Crippen LogP contribution in [0.5, 0.6) is 5.75 Å². The molecule has 6 heteroatoms. The zero-order chi connectivity index (χ0) is 15.5. The minimum atomic E-state index is -0.411. The van der Waals surface area contributed by atoms with Crippen molar-refractivity contribution in [2.24, 2.45) is 5.92 Å². The lowest BCUT2D eigenvalue weighted by atomic mass is 10.0. The number of para-hydroxylation sites is 1.